The monoisotopic (exact) mass is 268 g/mol. The zero-order valence-electron chi connectivity index (χ0n) is 10.7. The van der Waals surface area contributed by atoms with E-state index in [2.05, 4.69) is 17.1 Å². The molecule has 4 nitrogen and oxygen atoms in total. The molecule has 0 bridgehead atoms. The van der Waals surface area contributed by atoms with Crippen LogP contribution in [0.4, 0.5) is 0 Å². The van der Waals surface area contributed by atoms with Crippen LogP contribution in [0.1, 0.15) is 56.2 Å². The van der Waals surface area contributed by atoms with E-state index in [1.807, 2.05) is 0 Å². The topological polar surface area (TPSA) is 59.2 Å². The van der Waals surface area contributed by atoms with Gasteiger partial charge in [0.25, 0.3) is 0 Å². The van der Waals surface area contributed by atoms with Crippen molar-refractivity contribution in [3.63, 3.8) is 0 Å². The largest absolute Gasteiger partial charge is 0.391 e. The molecule has 1 aliphatic heterocycles. The van der Waals surface area contributed by atoms with Crippen LogP contribution in [-0.4, -0.2) is 32.9 Å². The van der Waals surface area contributed by atoms with Gasteiger partial charge in [-0.2, -0.15) is 16.7 Å². The maximum atomic E-state index is 9.86. The third-order valence-electron chi connectivity index (χ3n) is 4.13. The first-order valence-electron chi connectivity index (χ1n) is 6.83. The molecule has 4 atom stereocenters. The van der Waals surface area contributed by atoms with Crippen molar-refractivity contribution in [1.82, 2.24) is 10.1 Å². The molecule has 0 amide bonds. The Morgan fingerprint density at radius 3 is 2.94 bits per heavy atom. The average molecular weight is 268 g/mol. The summed E-state index contributed by atoms with van der Waals surface area (Å²) >= 11 is 1.75. The van der Waals surface area contributed by atoms with Crippen molar-refractivity contribution in [3.8, 4) is 0 Å². The third kappa shape index (κ3) is 2.43. The van der Waals surface area contributed by atoms with E-state index < -0.39 is 0 Å². The molecular weight excluding hydrogens is 248 g/mol. The van der Waals surface area contributed by atoms with Gasteiger partial charge in [-0.15, -0.1) is 0 Å². The minimum absolute atomic E-state index is 0.0391. The Bertz CT molecular complexity index is 409. The lowest BCUT2D eigenvalue weighted by atomic mass is 9.82. The van der Waals surface area contributed by atoms with Crippen LogP contribution in [-0.2, 0) is 0 Å². The second-order valence-electron chi connectivity index (χ2n) is 5.67. The van der Waals surface area contributed by atoms with Crippen molar-refractivity contribution in [2.45, 2.75) is 50.5 Å². The summed E-state index contributed by atoms with van der Waals surface area (Å²) in [5.74, 6) is 4.43. The molecule has 5 heteroatoms. The Balaban J connectivity index is 1.72. The van der Waals surface area contributed by atoms with Crippen molar-refractivity contribution in [2.24, 2.45) is 5.92 Å². The summed E-state index contributed by atoms with van der Waals surface area (Å²) in [5, 5.41) is 14.0. The Morgan fingerprint density at radius 2 is 2.22 bits per heavy atom. The molecule has 0 radical (unpaired) electrons. The number of rotatable bonds is 2. The lowest BCUT2D eigenvalue weighted by Gasteiger charge is -2.23. The smallest absolute Gasteiger partial charge is 0.233 e. The maximum absolute atomic E-state index is 9.86. The number of thioether (sulfide) groups is 1. The van der Waals surface area contributed by atoms with Gasteiger partial charge in [-0.25, -0.2) is 0 Å². The van der Waals surface area contributed by atoms with Crippen molar-refractivity contribution in [3.05, 3.63) is 11.7 Å². The van der Waals surface area contributed by atoms with Gasteiger partial charge in [0.1, 0.15) is 0 Å². The zero-order valence-corrected chi connectivity index (χ0v) is 11.5. The summed E-state index contributed by atoms with van der Waals surface area (Å²) in [7, 11) is 0. The Labute approximate surface area is 112 Å². The van der Waals surface area contributed by atoms with E-state index in [-0.39, 0.29) is 12.0 Å². The van der Waals surface area contributed by atoms with Gasteiger partial charge in [-0.3, -0.25) is 0 Å². The van der Waals surface area contributed by atoms with Crippen LogP contribution in [0.5, 0.6) is 0 Å². The molecular formula is C13H20N2O2S. The first-order valence-corrected chi connectivity index (χ1v) is 7.99. The van der Waals surface area contributed by atoms with Crippen molar-refractivity contribution >= 4 is 11.8 Å². The SMILES string of the molecule is CC1CCCC(c2noc(C3CSCC3O)n2)C1. The fraction of sp³-hybridized carbons (Fsp3) is 0.846. The van der Waals surface area contributed by atoms with Crippen molar-refractivity contribution in [2.75, 3.05) is 11.5 Å². The fourth-order valence-electron chi connectivity index (χ4n) is 3.01. The predicted octanol–water partition coefficient (Wildman–Crippen LogP) is 2.55. The molecule has 1 N–H and O–H groups in total. The highest BCUT2D eigenvalue weighted by Gasteiger charge is 2.33. The molecule has 2 heterocycles. The molecule has 0 spiro atoms. The fourth-order valence-corrected chi connectivity index (χ4v) is 4.24. The van der Waals surface area contributed by atoms with Crippen molar-refractivity contribution in [1.29, 1.82) is 0 Å². The van der Waals surface area contributed by atoms with Crippen LogP contribution >= 0.6 is 11.8 Å². The average Bonchev–Trinajstić information content (AvgIpc) is 2.97. The quantitative estimate of drug-likeness (QED) is 0.893. The summed E-state index contributed by atoms with van der Waals surface area (Å²) in [5.41, 5.74) is 0. The van der Waals surface area contributed by atoms with E-state index >= 15 is 0 Å². The molecule has 0 aromatic carbocycles. The summed E-state index contributed by atoms with van der Waals surface area (Å²) < 4.78 is 5.37. The van der Waals surface area contributed by atoms with Crippen LogP contribution in [0, 0.1) is 5.92 Å². The maximum Gasteiger partial charge on any atom is 0.233 e. The van der Waals surface area contributed by atoms with Crippen LogP contribution in [0.3, 0.4) is 0 Å². The Kier molecular flexibility index (Phi) is 3.61. The number of aliphatic hydroxyl groups excluding tert-OH is 1. The second-order valence-corrected chi connectivity index (χ2v) is 6.75. The normalized spacial score (nSPS) is 37.0. The van der Waals surface area contributed by atoms with Gasteiger partial charge in [-0.05, 0) is 18.8 Å². The van der Waals surface area contributed by atoms with Crippen LogP contribution in [0.2, 0.25) is 0 Å². The summed E-state index contributed by atoms with van der Waals surface area (Å²) in [6.07, 6.45) is 4.59. The van der Waals surface area contributed by atoms with E-state index in [0.717, 1.165) is 23.2 Å². The standard InChI is InChI=1S/C13H20N2O2S/c1-8-3-2-4-9(5-8)12-14-13(17-15-12)10-6-18-7-11(10)16/h8-11,16H,2-7H2,1H3. The molecule has 1 aliphatic carbocycles. The summed E-state index contributed by atoms with van der Waals surface area (Å²) in [6, 6.07) is 0. The molecule has 1 saturated carbocycles. The number of aliphatic hydroxyl groups is 1. The lowest BCUT2D eigenvalue weighted by molar-refractivity contribution is 0.164. The number of nitrogens with zero attached hydrogens (tertiary/aromatic N) is 2. The highest BCUT2D eigenvalue weighted by molar-refractivity contribution is 7.99. The Hall–Kier alpha value is -0.550. The molecule has 1 aromatic rings. The van der Waals surface area contributed by atoms with E-state index in [1.165, 1.54) is 25.7 Å². The van der Waals surface area contributed by atoms with E-state index in [4.69, 9.17) is 4.52 Å². The molecule has 4 unspecified atom stereocenters. The van der Waals surface area contributed by atoms with E-state index in [0.29, 0.717) is 11.8 Å². The Morgan fingerprint density at radius 1 is 1.33 bits per heavy atom. The minimum atomic E-state index is -0.325. The van der Waals surface area contributed by atoms with Crippen LogP contribution in [0.25, 0.3) is 0 Å². The van der Waals surface area contributed by atoms with Gasteiger partial charge in [0, 0.05) is 17.4 Å². The molecule has 1 saturated heterocycles. The predicted molar refractivity (Wildman–Crippen MR) is 70.7 cm³/mol. The van der Waals surface area contributed by atoms with Gasteiger partial charge in [0.05, 0.1) is 12.0 Å². The number of hydrogen-bond donors (Lipinski definition) is 1. The molecule has 2 aliphatic rings. The summed E-state index contributed by atoms with van der Waals surface area (Å²) in [6.45, 7) is 2.30. The minimum Gasteiger partial charge on any atom is -0.391 e. The zero-order chi connectivity index (χ0) is 12.5. The van der Waals surface area contributed by atoms with Gasteiger partial charge in [-0.1, -0.05) is 24.9 Å². The highest BCUT2D eigenvalue weighted by atomic mass is 32.2. The van der Waals surface area contributed by atoms with Crippen LogP contribution < -0.4 is 0 Å². The first-order chi connectivity index (χ1) is 8.74. The molecule has 1 aromatic heterocycles. The van der Waals surface area contributed by atoms with E-state index in [9.17, 15) is 5.11 Å². The lowest BCUT2D eigenvalue weighted by Crippen LogP contribution is -2.16. The first kappa shape index (κ1) is 12.5. The van der Waals surface area contributed by atoms with Gasteiger partial charge in [0.2, 0.25) is 5.89 Å². The van der Waals surface area contributed by atoms with Crippen LogP contribution in [0.15, 0.2) is 4.52 Å². The number of aromatic nitrogens is 2. The second kappa shape index (κ2) is 5.21. The molecule has 18 heavy (non-hydrogen) atoms. The van der Waals surface area contributed by atoms with Crippen molar-refractivity contribution < 1.29 is 9.63 Å². The van der Waals surface area contributed by atoms with Gasteiger partial charge >= 0.3 is 0 Å². The number of hydrogen-bond acceptors (Lipinski definition) is 5. The molecule has 2 fully saturated rings. The highest BCUT2D eigenvalue weighted by Crippen LogP contribution is 2.36. The summed E-state index contributed by atoms with van der Waals surface area (Å²) in [4.78, 5) is 4.55. The van der Waals surface area contributed by atoms with E-state index in [1.54, 1.807) is 11.8 Å². The molecule has 100 valence electrons. The molecule has 3 rings (SSSR count). The van der Waals surface area contributed by atoms with Gasteiger partial charge in [0.15, 0.2) is 5.82 Å². The third-order valence-corrected chi connectivity index (χ3v) is 5.30. The van der Waals surface area contributed by atoms with Gasteiger partial charge < -0.3 is 9.63 Å².